The minimum absolute atomic E-state index is 0.527. The van der Waals surface area contributed by atoms with E-state index in [-0.39, 0.29) is 0 Å². The molecule has 4 heteroatoms. The van der Waals surface area contributed by atoms with Gasteiger partial charge in [0, 0.05) is 16.2 Å². The molecule has 0 aliphatic rings. The molecule has 0 heterocycles. The zero-order chi connectivity index (χ0) is 13.0. The smallest absolute Gasteiger partial charge is 0.159 e. The fraction of sp³-hybridized carbons (Fsp3) is 0.0714. The van der Waals surface area contributed by atoms with Crippen LogP contribution in [-0.4, -0.2) is 6.29 Å². The molecule has 0 aromatic heterocycles. The average Bonchev–Trinajstić information content (AvgIpc) is 2.40. The van der Waals surface area contributed by atoms with Gasteiger partial charge in [-0.25, -0.2) is 8.78 Å². The van der Waals surface area contributed by atoms with Crippen molar-refractivity contribution in [3.8, 4) is 0 Å². The summed E-state index contributed by atoms with van der Waals surface area (Å²) in [4.78, 5) is 11.5. The molecule has 0 aliphatic carbocycles. The SMILES string of the molecule is O=Cc1cccc(SCc2ccc(F)c(F)c2)c1. The molecule has 0 radical (unpaired) electrons. The zero-order valence-electron chi connectivity index (χ0n) is 9.40. The first kappa shape index (κ1) is 12.8. The average molecular weight is 264 g/mol. The lowest BCUT2D eigenvalue weighted by Gasteiger charge is -2.03. The molecule has 0 aliphatic heterocycles. The van der Waals surface area contributed by atoms with Crippen LogP contribution in [0.15, 0.2) is 47.4 Å². The molecule has 2 rings (SSSR count). The van der Waals surface area contributed by atoms with Crippen LogP contribution in [0.2, 0.25) is 0 Å². The van der Waals surface area contributed by atoms with E-state index in [0.29, 0.717) is 16.9 Å². The van der Waals surface area contributed by atoms with Crippen LogP contribution in [0.4, 0.5) is 8.78 Å². The molecule has 0 unspecified atom stereocenters. The molecule has 0 amide bonds. The summed E-state index contributed by atoms with van der Waals surface area (Å²) >= 11 is 1.47. The molecular formula is C14H10F2OS. The molecular weight excluding hydrogens is 254 g/mol. The Morgan fingerprint density at radius 1 is 1.06 bits per heavy atom. The van der Waals surface area contributed by atoms with Crippen LogP contribution in [0.3, 0.4) is 0 Å². The first-order valence-corrected chi connectivity index (χ1v) is 6.29. The molecule has 0 N–H and O–H groups in total. The first-order chi connectivity index (χ1) is 8.69. The minimum atomic E-state index is -0.841. The maximum Gasteiger partial charge on any atom is 0.159 e. The van der Waals surface area contributed by atoms with E-state index >= 15 is 0 Å². The van der Waals surface area contributed by atoms with Gasteiger partial charge in [0.2, 0.25) is 0 Å². The van der Waals surface area contributed by atoms with Gasteiger partial charge in [-0.1, -0.05) is 18.2 Å². The molecule has 0 spiro atoms. The van der Waals surface area contributed by atoms with Gasteiger partial charge in [0.05, 0.1) is 0 Å². The van der Waals surface area contributed by atoms with Crippen molar-refractivity contribution in [2.75, 3.05) is 0 Å². The van der Waals surface area contributed by atoms with Gasteiger partial charge in [0.1, 0.15) is 6.29 Å². The summed E-state index contributed by atoms with van der Waals surface area (Å²) in [6, 6.07) is 11.0. The number of thioether (sulfide) groups is 1. The van der Waals surface area contributed by atoms with Gasteiger partial charge >= 0.3 is 0 Å². The van der Waals surface area contributed by atoms with Crippen LogP contribution in [0.25, 0.3) is 0 Å². The number of carbonyl (C=O) groups excluding carboxylic acids is 1. The molecule has 0 fully saturated rings. The van der Waals surface area contributed by atoms with Gasteiger partial charge < -0.3 is 0 Å². The molecule has 2 aromatic carbocycles. The van der Waals surface area contributed by atoms with Gasteiger partial charge in [0.25, 0.3) is 0 Å². The van der Waals surface area contributed by atoms with Crippen molar-refractivity contribution in [1.82, 2.24) is 0 Å². The molecule has 0 saturated heterocycles. The molecule has 0 atom stereocenters. The van der Waals surface area contributed by atoms with Crippen LogP contribution in [0, 0.1) is 11.6 Å². The first-order valence-electron chi connectivity index (χ1n) is 5.31. The highest BCUT2D eigenvalue weighted by molar-refractivity contribution is 7.98. The van der Waals surface area contributed by atoms with E-state index in [1.807, 2.05) is 6.07 Å². The van der Waals surface area contributed by atoms with Crippen LogP contribution in [0.1, 0.15) is 15.9 Å². The second kappa shape index (κ2) is 5.78. The molecule has 0 bridgehead atoms. The van der Waals surface area contributed by atoms with Gasteiger partial charge in [-0.2, -0.15) is 0 Å². The van der Waals surface area contributed by atoms with Gasteiger partial charge in [-0.3, -0.25) is 4.79 Å². The highest BCUT2D eigenvalue weighted by Gasteiger charge is 2.03. The Labute approximate surface area is 108 Å². The van der Waals surface area contributed by atoms with Crippen molar-refractivity contribution in [3.05, 3.63) is 65.2 Å². The third kappa shape index (κ3) is 3.17. The Bertz CT molecular complexity index is 569. The lowest BCUT2D eigenvalue weighted by Crippen LogP contribution is -1.88. The van der Waals surface area contributed by atoms with Crippen molar-refractivity contribution in [1.29, 1.82) is 0 Å². The standard InChI is InChI=1S/C14H10F2OS/c15-13-5-4-11(7-14(13)16)9-18-12-3-1-2-10(6-12)8-17/h1-8H,9H2. The second-order valence-electron chi connectivity index (χ2n) is 3.73. The molecule has 18 heavy (non-hydrogen) atoms. The van der Waals surface area contributed by atoms with E-state index in [2.05, 4.69) is 0 Å². The van der Waals surface area contributed by atoms with Gasteiger partial charge in [-0.15, -0.1) is 11.8 Å². The zero-order valence-corrected chi connectivity index (χ0v) is 10.2. The van der Waals surface area contributed by atoms with Gasteiger partial charge in [-0.05, 0) is 29.8 Å². The lowest BCUT2D eigenvalue weighted by molar-refractivity contribution is 0.112. The number of carbonyl (C=O) groups is 1. The van der Waals surface area contributed by atoms with Crippen LogP contribution in [0.5, 0.6) is 0 Å². The predicted octanol–water partition coefficient (Wildman–Crippen LogP) is 4.07. The molecule has 0 saturated carbocycles. The summed E-state index contributed by atoms with van der Waals surface area (Å²) in [5, 5.41) is 0. The van der Waals surface area contributed by atoms with E-state index in [0.717, 1.165) is 17.2 Å². The van der Waals surface area contributed by atoms with E-state index in [1.165, 1.54) is 17.8 Å². The van der Waals surface area contributed by atoms with Crippen LogP contribution in [-0.2, 0) is 5.75 Å². The fourth-order valence-electron chi connectivity index (χ4n) is 1.47. The maximum absolute atomic E-state index is 13.0. The summed E-state index contributed by atoms with van der Waals surface area (Å²) in [6.45, 7) is 0. The number of halogens is 2. The largest absolute Gasteiger partial charge is 0.298 e. The summed E-state index contributed by atoms with van der Waals surface area (Å²) in [7, 11) is 0. The predicted molar refractivity (Wildman–Crippen MR) is 67.7 cm³/mol. The highest BCUT2D eigenvalue weighted by atomic mass is 32.2. The molecule has 92 valence electrons. The summed E-state index contributed by atoms with van der Waals surface area (Å²) in [6.07, 6.45) is 0.779. The van der Waals surface area contributed by atoms with Crippen LogP contribution < -0.4 is 0 Å². The Morgan fingerprint density at radius 3 is 2.61 bits per heavy atom. The van der Waals surface area contributed by atoms with Crippen molar-refractivity contribution >= 4 is 18.0 Å². The fourth-order valence-corrected chi connectivity index (χ4v) is 2.38. The maximum atomic E-state index is 13.0. The number of aldehydes is 1. The Balaban J connectivity index is 2.06. The third-order valence-electron chi connectivity index (χ3n) is 2.38. The van der Waals surface area contributed by atoms with E-state index < -0.39 is 11.6 Å². The normalized spacial score (nSPS) is 10.3. The minimum Gasteiger partial charge on any atom is -0.298 e. The van der Waals surface area contributed by atoms with Crippen molar-refractivity contribution in [2.24, 2.45) is 0 Å². The van der Waals surface area contributed by atoms with E-state index in [4.69, 9.17) is 0 Å². The lowest BCUT2D eigenvalue weighted by atomic mass is 10.2. The molecule has 1 nitrogen and oxygen atoms in total. The summed E-state index contributed by atoms with van der Waals surface area (Å²) in [5.74, 6) is -1.15. The van der Waals surface area contributed by atoms with Crippen LogP contribution >= 0.6 is 11.8 Å². The number of rotatable bonds is 4. The van der Waals surface area contributed by atoms with Crippen molar-refractivity contribution in [2.45, 2.75) is 10.6 Å². The van der Waals surface area contributed by atoms with E-state index in [1.54, 1.807) is 24.3 Å². The monoisotopic (exact) mass is 264 g/mol. The highest BCUT2D eigenvalue weighted by Crippen LogP contribution is 2.24. The summed E-state index contributed by atoms with van der Waals surface area (Å²) in [5.41, 5.74) is 1.31. The van der Waals surface area contributed by atoms with E-state index in [9.17, 15) is 13.6 Å². The quantitative estimate of drug-likeness (QED) is 0.611. The third-order valence-corrected chi connectivity index (χ3v) is 3.45. The van der Waals surface area contributed by atoms with Crippen molar-refractivity contribution < 1.29 is 13.6 Å². The second-order valence-corrected chi connectivity index (χ2v) is 4.78. The molecule has 2 aromatic rings. The summed E-state index contributed by atoms with van der Waals surface area (Å²) < 4.78 is 25.7. The van der Waals surface area contributed by atoms with Crippen molar-refractivity contribution in [3.63, 3.8) is 0 Å². The van der Waals surface area contributed by atoms with Gasteiger partial charge in [0.15, 0.2) is 11.6 Å². The Kier molecular flexibility index (Phi) is 4.10. The number of hydrogen-bond acceptors (Lipinski definition) is 2. The Morgan fingerprint density at radius 2 is 1.89 bits per heavy atom. The topological polar surface area (TPSA) is 17.1 Å². The Hall–Kier alpha value is -1.68. The number of hydrogen-bond donors (Lipinski definition) is 0. The number of benzene rings is 2.